The third kappa shape index (κ3) is 0.942. The van der Waals surface area contributed by atoms with E-state index in [-0.39, 0.29) is 0 Å². The molecule has 1 saturated heterocycles. The summed E-state index contributed by atoms with van der Waals surface area (Å²) < 4.78 is 0. The van der Waals surface area contributed by atoms with Crippen molar-refractivity contribution in [3.05, 3.63) is 6.92 Å². The van der Waals surface area contributed by atoms with Crippen molar-refractivity contribution in [2.45, 2.75) is 16.0 Å². The molecule has 0 aromatic heterocycles. The summed E-state index contributed by atoms with van der Waals surface area (Å²) in [5.41, 5.74) is 0. The van der Waals surface area contributed by atoms with Crippen LogP contribution in [0.1, 0.15) is 0 Å². The van der Waals surface area contributed by atoms with Gasteiger partial charge < -0.3 is 0 Å². The molecule has 1 heteroatoms. The monoisotopic (exact) mass is 112 g/mol. The summed E-state index contributed by atoms with van der Waals surface area (Å²) >= 11 is 0.403. The number of rotatable bonds is 1. The van der Waals surface area contributed by atoms with Gasteiger partial charge in [-0.15, -0.1) is 0 Å². The second-order valence-electron chi connectivity index (χ2n) is 1.06. The van der Waals surface area contributed by atoms with Crippen molar-refractivity contribution in [3.63, 3.8) is 0 Å². The van der Waals surface area contributed by atoms with Crippen molar-refractivity contribution in [2.24, 2.45) is 0 Å². The zero-order valence-electron chi connectivity index (χ0n) is 3.18. The second kappa shape index (κ2) is 1.32. The molecule has 0 amide bonds. The Balaban J connectivity index is 2.00. The molecule has 0 aliphatic carbocycles. The predicted molar refractivity (Wildman–Crippen MR) is 19.8 cm³/mol. The Labute approximate surface area is 37.5 Å². The third-order valence-electron chi connectivity index (χ3n) is 0.677. The summed E-state index contributed by atoms with van der Waals surface area (Å²) in [6.45, 7) is 3.78. The van der Waals surface area contributed by atoms with Crippen LogP contribution in [0.2, 0.25) is 16.0 Å². The minimum atomic E-state index is 0.403. The van der Waals surface area contributed by atoms with Crippen LogP contribution in [0, 0.1) is 6.92 Å². The maximum atomic E-state index is 3.78. The van der Waals surface area contributed by atoms with E-state index in [1.54, 1.807) is 0 Å². The summed E-state index contributed by atoms with van der Waals surface area (Å²) in [6.07, 6.45) is 0. The molecule has 1 radical (unpaired) electrons. The molecule has 1 aliphatic heterocycles. The molecule has 1 heterocycles. The van der Waals surface area contributed by atoms with Crippen molar-refractivity contribution < 1.29 is 13.9 Å². The van der Waals surface area contributed by atoms with Crippen LogP contribution in [0.4, 0.5) is 0 Å². The zero-order valence-corrected chi connectivity index (χ0v) is 4.29. The van der Waals surface area contributed by atoms with Gasteiger partial charge in [-0.2, -0.15) is 0 Å². The fraction of sp³-hybridized carbons (Fsp3) is 0.750. The fourth-order valence-electron chi connectivity index (χ4n) is 0.221. The molecule has 0 aromatic carbocycles. The van der Waals surface area contributed by atoms with Gasteiger partial charge in [-0.25, -0.2) is 0 Å². The molecule has 1 aliphatic rings. The van der Waals surface area contributed by atoms with E-state index >= 15 is 0 Å². The molecule has 0 aromatic rings. The summed E-state index contributed by atoms with van der Waals surface area (Å²) in [6, 6.07) is 0. The van der Waals surface area contributed by atoms with Crippen molar-refractivity contribution in [1.82, 2.24) is 0 Å². The summed E-state index contributed by atoms with van der Waals surface area (Å²) in [5, 5.41) is 4.31. The van der Waals surface area contributed by atoms with Crippen LogP contribution in [-0.2, 0) is 13.9 Å². The number of hydrogen-bond acceptors (Lipinski definition) is 0. The molecule has 1 fully saturated rings. The van der Waals surface area contributed by atoms with E-state index < -0.39 is 0 Å². The Morgan fingerprint density at radius 3 is 2.20 bits per heavy atom. The zero-order chi connectivity index (χ0) is 3.70. The maximum absolute atomic E-state index is 3.78. The summed E-state index contributed by atoms with van der Waals surface area (Å²) in [5.74, 6) is 0. The second-order valence-corrected chi connectivity index (χ2v) is 4.37. The molecule has 1 rings (SSSR count). The van der Waals surface area contributed by atoms with Gasteiger partial charge in [0.25, 0.3) is 0 Å². The standard InChI is InChI=1S/2C2H4.Fe/c2*1-2;/h2*1-2H2;. The van der Waals surface area contributed by atoms with Gasteiger partial charge in [-0.3, -0.25) is 0 Å². The molecular weight excluding hydrogens is 104 g/mol. The quantitative estimate of drug-likeness (QED) is 0.453. The van der Waals surface area contributed by atoms with E-state index in [2.05, 4.69) is 6.92 Å². The first-order chi connectivity index (χ1) is 2.43. The van der Waals surface area contributed by atoms with Crippen LogP contribution in [0.25, 0.3) is 0 Å². The Morgan fingerprint density at radius 2 is 2.20 bits per heavy atom. The molecule has 5 heavy (non-hydrogen) atoms. The number of hydrogen-bond donors (Lipinski definition) is 0. The van der Waals surface area contributed by atoms with E-state index in [1.165, 1.54) is 16.0 Å². The Hall–Kier alpha value is 0.519. The Bertz CT molecular complexity index is 30.6. The average Bonchev–Trinajstić information content (AvgIpc) is 2.12. The molecule has 0 nitrogen and oxygen atoms in total. The first kappa shape index (κ1) is 3.70. The van der Waals surface area contributed by atoms with E-state index in [0.29, 0.717) is 13.9 Å². The first-order valence-corrected chi connectivity index (χ1v) is 4.09. The van der Waals surface area contributed by atoms with Crippen LogP contribution in [0.15, 0.2) is 0 Å². The van der Waals surface area contributed by atoms with Gasteiger partial charge in [0.2, 0.25) is 0 Å². The molecule has 0 atom stereocenters. The minimum absolute atomic E-state index is 0.403. The van der Waals surface area contributed by atoms with E-state index in [4.69, 9.17) is 0 Å². The van der Waals surface area contributed by atoms with E-state index in [0.717, 1.165) is 0 Å². The van der Waals surface area contributed by atoms with Gasteiger partial charge in [0, 0.05) is 0 Å². The first-order valence-electron chi connectivity index (χ1n) is 1.75. The van der Waals surface area contributed by atoms with Crippen molar-refractivity contribution in [2.75, 3.05) is 0 Å². The van der Waals surface area contributed by atoms with Gasteiger partial charge >= 0.3 is 36.8 Å². The normalized spacial score (nSPS) is 27.0. The SMILES string of the molecule is [CH2][CH2][Fe]1[CH2][CH2]1. The van der Waals surface area contributed by atoms with E-state index in [1.807, 2.05) is 0 Å². The van der Waals surface area contributed by atoms with Gasteiger partial charge in [0.05, 0.1) is 0 Å². The van der Waals surface area contributed by atoms with Crippen molar-refractivity contribution in [3.8, 4) is 0 Å². The van der Waals surface area contributed by atoms with Crippen LogP contribution >= 0.6 is 0 Å². The topological polar surface area (TPSA) is 0 Å². The van der Waals surface area contributed by atoms with Crippen LogP contribution in [0.5, 0.6) is 0 Å². The molecular formula is C4H8Fe. The average molecular weight is 112 g/mol. The summed E-state index contributed by atoms with van der Waals surface area (Å²) in [7, 11) is 0. The Kier molecular flexibility index (Phi) is 0.975. The molecule has 0 saturated carbocycles. The predicted octanol–water partition coefficient (Wildman–Crippen LogP) is 1.71. The molecule has 0 unspecified atom stereocenters. The van der Waals surface area contributed by atoms with Crippen molar-refractivity contribution in [1.29, 1.82) is 0 Å². The molecule has 0 bridgehead atoms. The fourth-order valence-corrected chi connectivity index (χ4v) is 1.48. The molecule has 0 spiro atoms. The van der Waals surface area contributed by atoms with Gasteiger partial charge in [0.1, 0.15) is 0 Å². The molecule has 32 valence electrons. The van der Waals surface area contributed by atoms with E-state index in [9.17, 15) is 0 Å². The summed E-state index contributed by atoms with van der Waals surface area (Å²) in [4.78, 5) is 0. The van der Waals surface area contributed by atoms with Crippen LogP contribution in [0.3, 0.4) is 0 Å². The van der Waals surface area contributed by atoms with Gasteiger partial charge in [-0.05, 0) is 0 Å². The van der Waals surface area contributed by atoms with Crippen molar-refractivity contribution >= 4 is 0 Å². The molecule has 0 N–H and O–H groups in total. The van der Waals surface area contributed by atoms with Gasteiger partial charge in [-0.1, -0.05) is 0 Å². The Morgan fingerprint density at radius 1 is 1.60 bits per heavy atom. The van der Waals surface area contributed by atoms with Gasteiger partial charge in [0.15, 0.2) is 0 Å². The third-order valence-corrected chi connectivity index (χ3v) is 2.79. The van der Waals surface area contributed by atoms with Crippen LogP contribution < -0.4 is 0 Å². The van der Waals surface area contributed by atoms with Crippen LogP contribution in [-0.4, -0.2) is 0 Å².